The number of methoxy groups -OCH3 is 1. The molecule has 0 bridgehead atoms. The second-order valence-corrected chi connectivity index (χ2v) is 4.12. The van der Waals surface area contributed by atoms with Crippen molar-refractivity contribution in [1.29, 1.82) is 0 Å². The van der Waals surface area contributed by atoms with E-state index in [9.17, 15) is 5.11 Å². The standard InChI is InChI=1S/C13H28O5/c1-4-6-7-8-9-10-11-17-13(14,16-5-2)18-12-15-3/h14H,4-12H2,1-3H3. The molecule has 0 amide bonds. The highest BCUT2D eigenvalue weighted by molar-refractivity contribution is 4.44. The summed E-state index contributed by atoms with van der Waals surface area (Å²) in [5.41, 5.74) is 0. The molecule has 0 saturated heterocycles. The highest BCUT2D eigenvalue weighted by Gasteiger charge is 2.30. The van der Waals surface area contributed by atoms with Crippen molar-refractivity contribution in [1.82, 2.24) is 0 Å². The van der Waals surface area contributed by atoms with Crippen molar-refractivity contribution in [2.24, 2.45) is 0 Å². The van der Waals surface area contributed by atoms with E-state index < -0.39 is 6.16 Å². The summed E-state index contributed by atoms with van der Waals surface area (Å²) in [6.07, 6.45) is 4.97. The zero-order chi connectivity index (χ0) is 13.7. The van der Waals surface area contributed by atoms with E-state index >= 15 is 0 Å². The Hall–Kier alpha value is -0.200. The van der Waals surface area contributed by atoms with Crippen molar-refractivity contribution in [2.45, 2.75) is 58.5 Å². The third kappa shape index (κ3) is 9.79. The van der Waals surface area contributed by atoms with Crippen LogP contribution in [-0.4, -0.2) is 38.4 Å². The molecule has 0 spiro atoms. The van der Waals surface area contributed by atoms with Gasteiger partial charge in [0.1, 0.15) is 0 Å². The zero-order valence-corrected chi connectivity index (χ0v) is 11.9. The summed E-state index contributed by atoms with van der Waals surface area (Å²) in [5, 5.41) is 9.84. The van der Waals surface area contributed by atoms with Gasteiger partial charge in [-0.15, -0.1) is 0 Å². The summed E-state index contributed by atoms with van der Waals surface area (Å²) in [7, 11) is 1.47. The number of unbranched alkanes of at least 4 members (excludes halogenated alkanes) is 5. The van der Waals surface area contributed by atoms with E-state index in [4.69, 9.17) is 18.9 Å². The molecular formula is C13H28O5. The van der Waals surface area contributed by atoms with Crippen LogP contribution >= 0.6 is 0 Å². The first-order valence-electron chi connectivity index (χ1n) is 6.81. The van der Waals surface area contributed by atoms with Gasteiger partial charge in [-0.2, -0.15) is 0 Å². The number of aliphatic hydroxyl groups is 1. The van der Waals surface area contributed by atoms with E-state index in [-0.39, 0.29) is 6.79 Å². The predicted octanol–water partition coefficient (Wildman–Crippen LogP) is 2.62. The molecule has 0 aromatic carbocycles. The molecule has 0 fully saturated rings. The van der Waals surface area contributed by atoms with Crippen LogP contribution in [0.3, 0.4) is 0 Å². The van der Waals surface area contributed by atoms with E-state index in [1.54, 1.807) is 6.92 Å². The van der Waals surface area contributed by atoms with E-state index in [0.717, 1.165) is 12.8 Å². The Morgan fingerprint density at radius 1 is 0.889 bits per heavy atom. The van der Waals surface area contributed by atoms with Gasteiger partial charge in [0.15, 0.2) is 6.79 Å². The maximum Gasteiger partial charge on any atom is 0.412 e. The van der Waals surface area contributed by atoms with Gasteiger partial charge >= 0.3 is 6.16 Å². The Labute approximate surface area is 110 Å². The van der Waals surface area contributed by atoms with Gasteiger partial charge in [-0.3, -0.25) is 4.74 Å². The van der Waals surface area contributed by atoms with Crippen LogP contribution in [0.2, 0.25) is 0 Å². The lowest BCUT2D eigenvalue weighted by molar-refractivity contribution is -0.494. The second-order valence-electron chi connectivity index (χ2n) is 4.12. The lowest BCUT2D eigenvalue weighted by Crippen LogP contribution is -2.40. The summed E-state index contributed by atoms with van der Waals surface area (Å²) in [6, 6.07) is 0. The van der Waals surface area contributed by atoms with E-state index in [2.05, 4.69) is 6.92 Å². The molecule has 0 saturated carbocycles. The zero-order valence-electron chi connectivity index (χ0n) is 11.9. The first kappa shape index (κ1) is 17.8. The van der Waals surface area contributed by atoms with Crippen molar-refractivity contribution < 1.29 is 24.1 Å². The maximum absolute atomic E-state index is 9.84. The second kappa shape index (κ2) is 11.9. The molecule has 5 nitrogen and oxygen atoms in total. The topological polar surface area (TPSA) is 57.2 Å². The number of hydrogen-bond donors (Lipinski definition) is 1. The number of ether oxygens (including phenoxy) is 4. The molecule has 0 aromatic rings. The molecule has 5 heteroatoms. The third-order valence-corrected chi connectivity index (χ3v) is 2.47. The quantitative estimate of drug-likeness (QED) is 0.409. The number of hydrogen-bond acceptors (Lipinski definition) is 5. The summed E-state index contributed by atoms with van der Waals surface area (Å²) in [5.74, 6) is 0. The van der Waals surface area contributed by atoms with Crippen molar-refractivity contribution in [3.63, 3.8) is 0 Å². The SMILES string of the molecule is CCCCCCCCOC(O)(OCC)OCOC. The van der Waals surface area contributed by atoms with Gasteiger partial charge in [-0.25, -0.2) is 0 Å². The van der Waals surface area contributed by atoms with Crippen LogP contribution in [0.4, 0.5) is 0 Å². The predicted molar refractivity (Wildman–Crippen MR) is 68.9 cm³/mol. The molecule has 0 aliphatic carbocycles. The van der Waals surface area contributed by atoms with Crippen LogP contribution in [0.25, 0.3) is 0 Å². The van der Waals surface area contributed by atoms with Crippen molar-refractivity contribution in [3.05, 3.63) is 0 Å². The maximum atomic E-state index is 9.84. The van der Waals surface area contributed by atoms with Crippen molar-refractivity contribution in [2.75, 3.05) is 27.1 Å². The van der Waals surface area contributed by atoms with Crippen molar-refractivity contribution >= 4 is 0 Å². The van der Waals surface area contributed by atoms with Gasteiger partial charge in [0.25, 0.3) is 0 Å². The Morgan fingerprint density at radius 3 is 2.17 bits per heavy atom. The molecule has 0 heterocycles. The largest absolute Gasteiger partial charge is 0.412 e. The molecule has 18 heavy (non-hydrogen) atoms. The van der Waals surface area contributed by atoms with Gasteiger partial charge < -0.3 is 19.3 Å². The summed E-state index contributed by atoms with van der Waals surface area (Å²) in [6.45, 7) is 4.59. The van der Waals surface area contributed by atoms with Gasteiger partial charge in [0.05, 0.1) is 13.2 Å². The fraction of sp³-hybridized carbons (Fsp3) is 1.00. The molecular weight excluding hydrogens is 236 g/mol. The summed E-state index contributed by atoms with van der Waals surface area (Å²) in [4.78, 5) is 0. The first-order chi connectivity index (χ1) is 8.68. The average Bonchev–Trinajstić information content (AvgIpc) is 2.36. The smallest absolute Gasteiger partial charge is 0.358 e. The monoisotopic (exact) mass is 264 g/mol. The van der Waals surface area contributed by atoms with E-state index in [0.29, 0.717) is 13.2 Å². The molecule has 1 unspecified atom stereocenters. The highest BCUT2D eigenvalue weighted by Crippen LogP contribution is 2.13. The van der Waals surface area contributed by atoms with Crippen LogP contribution in [0, 0.1) is 0 Å². The third-order valence-electron chi connectivity index (χ3n) is 2.47. The van der Waals surface area contributed by atoms with Crippen molar-refractivity contribution in [3.8, 4) is 0 Å². The summed E-state index contributed by atoms with van der Waals surface area (Å²) < 4.78 is 19.9. The van der Waals surface area contributed by atoms with Crippen LogP contribution in [0.5, 0.6) is 0 Å². The lowest BCUT2D eigenvalue weighted by atomic mass is 10.1. The molecule has 110 valence electrons. The minimum atomic E-state index is -1.98. The average molecular weight is 264 g/mol. The molecule has 0 aromatic heterocycles. The lowest BCUT2D eigenvalue weighted by Gasteiger charge is -2.26. The van der Waals surface area contributed by atoms with Gasteiger partial charge in [-0.05, 0) is 13.3 Å². The molecule has 1 N–H and O–H groups in total. The minimum absolute atomic E-state index is 0.0764. The number of rotatable bonds is 13. The van der Waals surface area contributed by atoms with Crippen LogP contribution in [0.1, 0.15) is 52.4 Å². The molecule has 1 atom stereocenters. The van der Waals surface area contributed by atoms with Gasteiger partial charge in [0, 0.05) is 7.11 Å². The Bertz CT molecular complexity index is 177. The Balaban J connectivity index is 3.62. The fourth-order valence-electron chi connectivity index (χ4n) is 1.52. The molecule has 0 aliphatic rings. The van der Waals surface area contributed by atoms with Gasteiger partial charge in [0.2, 0.25) is 0 Å². The summed E-state index contributed by atoms with van der Waals surface area (Å²) >= 11 is 0. The van der Waals surface area contributed by atoms with Crippen LogP contribution < -0.4 is 0 Å². The fourth-order valence-corrected chi connectivity index (χ4v) is 1.52. The van der Waals surface area contributed by atoms with E-state index in [1.807, 2.05) is 0 Å². The van der Waals surface area contributed by atoms with Gasteiger partial charge in [-0.1, -0.05) is 39.0 Å². The first-order valence-corrected chi connectivity index (χ1v) is 6.81. The van der Waals surface area contributed by atoms with Crippen LogP contribution in [0.15, 0.2) is 0 Å². The molecule has 0 radical (unpaired) electrons. The Kier molecular flexibility index (Phi) is 11.7. The molecule has 0 rings (SSSR count). The van der Waals surface area contributed by atoms with Crippen LogP contribution in [-0.2, 0) is 18.9 Å². The minimum Gasteiger partial charge on any atom is -0.358 e. The molecule has 0 aliphatic heterocycles. The highest BCUT2D eigenvalue weighted by atomic mass is 17.0. The normalized spacial score (nSPS) is 14.7. The van der Waals surface area contributed by atoms with E-state index in [1.165, 1.54) is 32.8 Å². The Morgan fingerprint density at radius 2 is 1.56 bits per heavy atom.